The third-order valence-corrected chi connectivity index (χ3v) is 10.4. The van der Waals surface area contributed by atoms with E-state index in [1.54, 1.807) is 0 Å². The fourth-order valence-electron chi connectivity index (χ4n) is 8.09. The fraction of sp³-hybridized carbons (Fsp3) is 0. The highest BCUT2D eigenvalue weighted by Gasteiger charge is 2.35. The fourth-order valence-corrected chi connectivity index (χ4v) is 8.09. The summed E-state index contributed by atoms with van der Waals surface area (Å²) in [7, 11) is 0. The summed E-state index contributed by atoms with van der Waals surface area (Å²) in [5.74, 6) is 0. The molecule has 1 aliphatic heterocycles. The van der Waals surface area contributed by atoms with E-state index < -0.39 is 0 Å². The molecule has 0 spiro atoms. The number of pyridine rings is 2. The number of rotatable bonds is 4. The summed E-state index contributed by atoms with van der Waals surface area (Å²) < 4.78 is 6.74. The van der Waals surface area contributed by atoms with Crippen LogP contribution in [-0.4, -0.2) is 9.97 Å². The van der Waals surface area contributed by atoms with Crippen LogP contribution in [0.15, 0.2) is 187 Å². The number of benzene rings is 7. The molecule has 1 aliphatic rings. The Morgan fingerprint density at radius 1 is 0.396 bits per heavy atom. The molecule has 0 saturated heterocycles. The lowest BCUT2D eigenvalue weighted by molar-refractivity contribution is 0.669. The minimum Gasteiger partial charge on any atom is -0.454 e. The van der Waals surface area contributed by atoms with E-state index in [9.17, 15) is 0 Å². The molecule has 11 rings (SSSR count). The summed E-state index contributed by atoms with van der Waals surface area (Å²) in [6.45, 7) is 0. The average molecular weight is 679 g/mol. The van der Waals surface area contributed by atoms with E-state index in [2.05, 4.69) is 149 Å². The smallest absolute Gasteiger partial charge is 0.159 e. The summed E-state index contributed by atoms with van der Waals surface area (Å²) in [5.41, 5.74) is 11.9. The summed E-state index contributed by atoms with van der Waals surface area (Å²) >= 11 is 0. The molecule has 248 valence electrons. The number of hydrogen-bond donors (Lipinski definition) is 0. The summed E-state index contributed by atoms with van der Waals surface area (Å²) in [6, 6.07) is 59.9. The third-order valence-electron chi connectivity index (χ3n) is 10.4. The molecular weight excluding hydrogens is 649 g/mol. The van der Waals surface area contributed by atoms with Gasteiger partial charge in [0.25, 0.3) is 0 Å². The molecule has 4 heterocycles. The molecule has 0 atom stereocenters. The first-order valence-corrected chi connectivity index (χ1v) is 17.8. The van der Waals surface area contributed by atoms with Gasteiger partial charge in [-0.15, -0.1) is 0 Å². The van der Waals surface area contributed by atoms with Crippen LogP contribution in [0.4, 0.5) is 34.1 Å². The van der Waals surface area contributed by atoms with Crippen molar-refractivity contribution in [2.24, 2.45) is 0 Å². The number of hydrogen-bond acceptors (Lipinski definition) is 5. The molecule has 0 unspecified atom stereocenters. The number of anilines is 6. The van der Waals surface area contributed by atoms with Crippen LogP contribution >= 0.6 is 0 Å². The van der Waals surface area contributed by atoms with Crippen LogP contribution in [0.1, 0.15) is 0 Å². The molecule has 0 saturated carbocycles. The number of fused-ring (bicyclic) bond motifs is 9. The maximum Gasteiger partial charge on any atom is 0.159 e. The van der Waals surface area contributed by atoms with Crippen molar-refractivity contribution in [3.05, 3.63) is 182 Å². The Bertz CT molecular complexity index is 2970. The van der Waals surface area contributed by atoms with Crippen LogP contribution in [0, 0.1) is 0 Å². The first-order valence-electron chi connectivity index (χ1n) is 17.8. The second-order valence-electron chi connectivity index (χ2n) is 13.4. The lowest BCUT2D eigenvalue weighted by atomic mass is 9.95. The average Bonchev–Trinajstić information content (AvgIpc) is 3.62. The predicted octanol–water partition coefficient (Wildman–Crippen LogP) is 13.3. The van der Waals surface area contributed by atoms with Crippen molar-refractivity contribution in [1.29, 1.82) is 0 Å². The predicted molar refractivity (Wildman–Crippen MR) is 218 cm³/mol. The van der Waals surface area contributed by atoms with Crippen molar-refractivity contribution in [2.45, 2.75) is 0 Å². The molecule has 7 aromatic carbocycles. The number of furan rings is 1. The Balaban J connectivity index is 1.27. The van der Waals surface area contributed by atoms with Crippen LogP contribution in [-0.2, 0) is 0 Å². The monoisotopic (exact) mass is 678 g/mol. The summed E-state index contributed by atoms with van der Waals surface area (Å²) in [5, 5.41) is 6.81. The third kappa shape index (κ3) is 4.57. The maximum atomic E-state index is 6.74. The van der Waals surface area contributed by atoms with Crippen molar-refractivity contribution in [1.82, 2.24) is 9.97 Å². The lowest BCUT2D eigenvalue weighted by Gasteiger charge is -2.42. The van der Waals surface area contributed by atoms with Crippen LogP contribution in [0.2, 0.25) is 0 Å². The topological polar surface area (TPSA) is 45.4 Å². The van der Waals surface area contributed by atoms with Gasteiger partial charge in [-0.1, -0.05) is 103 Å². The molecule has 5 heteroatoms. The molecule has 10 aromatic rings. The standard InChI is InChI=1S/C48H30N4O/c1-3-14-36-31(12-1)23-25-43-46(36)51(35-29-33(40-18-7-9-26-49-40)28-34(30-35)41-19-8-10-27-50-41)42-24-22-32-13-2-4-15-37(32)47(42)52(43)44-20-11-17-39-38-16-5-6-21-45(38)53-48(39)44/h1-30H. The highest BCUT2D eigenvalue weighted by molar-refractivity contribution is 6.20. The molecular formula is C48H30N4O. The van der Waals surface area contributed by atoms with E-state index in [1.807, 2.05) is 42.7 Å². The highest BCUT2D eigenvalue weighted by atomic mass is 16.3. The molecule has 0 N–H and O–H groups in total. The van der Waals surface area contributed by atoms with Gasteiger partial charge in [-0.05, 0) is 77.5 Å². The Labute approximate surface area is 305 Å². The highest BCUT2D eigenvalue weighted by Crippen LogP contribution is 2.59. The SMILES string of the molecule is c1ccc(-c2cc(-c3ccccn3)cc(N3c4ccc5ccccc5c4N(c4cccc5c4oc4ccccc45)c4ccc5ccccc5c43)c2)nc1. The van der Waals surface area contributed by atoms with E-state index in [0.717, 1.165) is 100 Å². The number of aromatic nitrogens is 2. The zero-order chi connectivity index (χ0) is 34.9. The molecule has 5 nitrogen and oxygen atoms in total. The first kappa shape index (κ1) is 29.5. The van der Waals surface area contributed by atoms with Gasteiger partial charge in [0, 0.05) is 50.8 Å². The quantitative estimate of drug-likeness (QED) is 0.185. The van der Waals surface area contributed by atoms with Crippen LogP contribution in [0.25, 0.3) is 66.0 Å². The van der Waals surface area contributed by atoms with Crippen LogP contribution in [0.5, 0.6) is 0 Å². The van der Waals surface area contributed by atoms with Crippen molar-refractivity contribution < 1.29 is 4.42 Å². The van der Waals surface area contributed by atoms with Crippen LogP contribution in [0.3, 0.4) is 0 Å². The number of nitrogens with zero attached hydrogens (tertiary/aromatic N) is 4. The van der Waals surface area contributed by atoms with E-state index in [0.29, 0.717) is 0 Å². The van der Waals surface area contributed by atoms with Crippen molar-refractivity contribution >= 4 is 77.6 Å². The molecule has 3 aromatic heterocycles. The molecule has 0 radical (unpaired) electrons. The minimum absolute atomic E-state index is 0.856. The maximum absolute atomic E-state index is 6.74. The summed E-state index contributed by atoms with van der Waals surface area (Å²) in [4.78, 5) is 14.4. The van der Waals surface area contributed by atoms with E-state index in [1.165, 1.54) is 0 Å². The van der Waals surface area contributed by atoms with Gasteiger partial charge in [-0.2, -0.15) is 0 Å². The Morgan fingerprint density at radius 2 is 0.943 bits per heavy atom. The Morgan fingerprint density at radius 3 is 1.58 bits per heavy atom. The minimum atomic E-state index is 0.856. The number of para-hydroxylation sites is 2. The zero-order valence-electron chi connectivity index (χ0n) is 28.5. The van der Waals surface area contributed by atoms with Gasteiger partial charge >= 0.3 is 0 Å². The van der Waals surface area contributed by atoms with Crippen molar-refractivity contribution in [3.8, 4) is 22.5 Å². The van der Waals surface area contributed by atoms with Gasteiger partial charge in [0.05, 0.1) is 39.8 Å². The van der Waals surface area contributed by atoms with Gasteiger partial charge in [-0.25, -0.2) is 0 Å². The molecule has 53 heavy (non-hydrogen) atoms. The van der Waals surface area contributed by atoms with E-state index in [-0.39, 0.29) is 0 Å². The lowest BCUT2D eigenvalue weighted by Crippen LogP contribution is -2.24. The van der Waals surface area contributed by atoms with Gasteiger partial charge in [0.15, 0.2) is 5.58 Å². The van der Waals surface area contributed by atoms with E-state index >= 15 is 0 Å². The Hall–Kier alpha value is -7.24. The first-order chi connectivity index (χ1) is 26.3. The van der Waals surface area contributed by atoms with Gasteiger partial charge < -0.3 is 14.2 Å². The second-order valence-corrected chi connectivity index (χ2v) is 13.4. The van der Waals surface area contributed by atoms with Crippen LogP contribution < -0.4 is 9.80 Å². The largest absolute Gasteiger partial charge is 0.454 e. The van der Waals surface area contributed by atoms with Gasteiger partial charge in [-0.3, -0.25) is 9.97 Å². The zero-order valence-corrected chi connectivity index (χ0v) is 28.5. The van der Waals surface area contributed by atoms with Gasteiger partial charge in [0.2, 0.25) is 0 Å². The molecule has 0 amide bonds. The van der Waals surface area contributed by atoms with Crippen molar-refractivity contribution in [2.75, 3.05) is 9.80 Å². The van der Waals surface area contributed by atoms with Crippen molar-refractivity contribution in [3.63, 3.8) is 0 Å². The molecule has 0 fully saturated rings. The molecule has 0 bridgehead atoms. The normalized spacial score (nSPS) is 12.5. The molecule has 0 aliphatic carbocycles. The van der Waals surface area contributed by atoms with Gasteiger partial charge in [0.1, 0.15) is 5.58 Å². The second kappa shape index (κ2) is 11.7. The van der Waals surface area contributed by atoms with E-state index in [4.69, 9.17) is 14.4 Å². The summed E-state index contributed by atoms with van der Waals surface area (Å²) in [6.07, 6.45) is 3.70. The Kier molecular flexibility index (Phi) is 6.48.